The molecule has 11 aromatic carbocycles. The molecule has 1 aliphatic rings. The second-order valence-electron chi connectivity index (χ2n) is 17.4. The fraction of sp³-hybridized carbons (Fsp3) is 0.0847. The molecular formula is C59H42. The van der Waals surface area contributed by atoms with Crippen LogP contribution in [0.4, 0.5) is 0 Å². The first-order chi connectivity index (χ1) is 28.8. The van der Waals surface area contributed by atoms with E-state index in [-0.39, 0.29) is 5.41 Å². The Bertz CT molecular complexity index is 3530. The van der Waals surface area contributed by atoms with Crippen LogP contribution in [0.1, 0.15) is 36.1 Å². The van der Waals surface area contributed by atoms with Crippen LogP contribution in [0.2, 0.25) is 0 Å². The van der Waals surface area contributed by atoms with Crippen LogP contribution in [0.5, 0.6) is 0 Å². The summed E-state index contributed by atoms with van der Waals surface area (Å²) in [5.74, 6) is 0. The minimum absolute atomic E-state index is 0.167. The zero-order valence-electron chi connectivity index (χ0n) is 33.8. The van der Waals surface area contributed by atoms with E-state index in [9.17, 15) is 0 Å². The summed E-state index contributed by atoms with van der Waals surface area (Å²) in [4.78, 5) is 0. The second-order valence-corrected chi connectivity index (χ2v) is 17.4. The summed E-state index contributed by atoms with van der Waals surface area (Å²) in [6.45, 7) is 9.23. The van der Waals surface area contributed by atoms with Crippen molar-refractivity contribution in [1.82, 2.24) is 0 Å². The van der Waals surface area contributed by atoms with Gasteiger partial charge in [0.15, 0.2) is 0 Å². The fourth-order valence-corrected chi connectivity index (χ4v) is 10.8. The summed E-state index contributed by atoms with van der Waals surface area (Å²) in [6, 6.07) is 68.9. The van der Waals surface area contributed by atoms with Crippen molar-refractivity contribution in [2.45, 2.75) is 33.1 Å². The molecule has 0 atom stereocenters. The minimum atomic E-state index is -0.167. The van der Waals surface area contributed by atoms with Crippen molar-refractivity contribution in [3.63, 3.8) is 0 Å². The quantitative estimate of drug-likeness (QED) is 0.157. The van der Waals surface area contributed by atoms with E-state index in [1.165, 1.54) is 132 Å². The highest BCUT2D eigenvalue weighted by molar-refractivity contribution is 6.30. The van der Waals surface area contributed by atoms with E-state index in [0.717, 1.165) is 0 Å². The van der Waals surface area contributed by atoms with Gasteiger partial charge in [-0.15, -0.1) is 0 Å². The Labute approximate surface area is 345 Å². The zero-order valence-corrected chi connectivity index (χ0v) is 33.8. The van der Waals surface area contributed by atoms with Gasteiger partial charge in [-0.1, -0.05) is 189 Å². The molecule has 0 bridgehead atoms. The molecule has 278 valence electrons. The van der Waals surface area contributed by atoms with Gasteiger partial charge in [0.1, 0.15) is 0 Å². The number of fused-ring (bicyclic) bond motifs is 7. The standard InChI is InChI=1S/C59H42/c1-35-10-8-14-40(30-35)45-22-16-38-17-25-49-53(41-15-9-11-36(2)31-41)34-54(50-29-28-48(45)55(38)56(49)50)44-19-24-47-43(33-44)21-27-52-51-26-20-42-32-39(37-12-6-5-7-13-37)18-23-46(42)57(51)59(3,4)58(47)52/h5-34H,1-4H3. The van der Waals surface area contributed by atoms with Gasteiger partial charge >= 0.3 is 0 Å². The maximum Gasteiger partial charge on any atom is 0.0171 e. The number of benzene rings is 11. The van der Waals surface area contributed by atoms with Gasteiger partial charge in [-0.05, 0) is 153 Å². The Morgan fingerprint density at radius 2 is 0.746 bits per heavy atom. The van der Waals surface area contributed by atoms with Gasteiger partial charge in [-0.2, -0.15) is 0 Å². The van der Waals surface area contributed by atoms with E-state index in [0.29, 0.717) is 0 Å². The van der Waals surface area contributed by atoms with Gasteiger partial charge in [-0.3, -0.25) is 0 Å². The van der Waals surface area contributed by atoms with Gasteiger partial charge in [0.05, 0.1) is 0 Å². The van der Waals surface area contributed by atoms with Crippen molar-refractivity contribution < 1.29 is 0 Å². The van der Waals surface area contributed by atoms with Crippen molar-refractivity contribution in [3.05, 3.63) is 204 Å². The number of hydrogen-bond acceptors (Lipinski definition) is 0. The molecule has 0 aromatic heterocycles. The first-order valence-electron chi connectivity index (χ1n) is 20.9. The minimum Gasteiger partial charge on any atom is -0.0622 e. The lowest BCUT2D eigenvalue weighted by atomic mass is 9.78. The molecule has 11 aromatic rings. The van der Waals surface area contributed by atoms with E-state index in [2.05, 4.69) is 210 Å². The smallest absolute Gasteiger partial charge is 0.0171 e. The average molecular weight is 751 g/mol. The van der Waals surface area contributed by atoms with E-state index in [1.807, 2.05) is 0 Å². The highest BCUT2D eigenvalue weighted by Crippen LogP contribution is 2.54. The lowest BCUT2D eigenvalue weighted by Crippen LogP contribution is -2.16. The van der Waals surface area contributed by atoms with Crippen LogP contribution >= 0.6 is 0 Å². The molecule has 0 spiro atoms. The molecule has 0 saturated heterocycles. The van der Waals surface area contributed by atoms with Crippen molar-refractivity contribution in [3.8, 4) is 55.6 Å². The highest BCUT2D eigenvalue weighted by atomic mass is 14.4. The number of aryl methyl sites for hydroxylation is 2. The van der Waals surface area contributed by atoms with Crippen LogP contribution < -0.4 is 0 Å². The predicted molar refractivity (Wildman–Crippen MR) is 254 cm³/mol. The summed E-state index contributed by atoms with van der Waals surface area (Å²) in [6.07, 6.45) is 0. The van der Waals surface area contributed by atoms with Crippen molar-refractivity contribution in [2.24, 2.45) is 0 Å². The predicted octanol–water partition coefficient (Wildman–Crippen LogP) is 16.5. The molecule has 0 radical (unpaired) electrons. The summed E-state index contributed by atoms with van der Waals surface area (Å²) < 4.78 is 0. The molecule has 59 heavy (non-hydrogen) atoms. The second kappa shape index (κ2) is 12.5. The van der Waals surface area contributed by atoms with Crippen molar-refractivity contribution >= 4 is 53.9 Å². The average Bonchev–Trinajstić information content (AvgIpc) is 3.51. The third-order valence-corrected chi connectivity index (χ3v) is 13.4. The van der Waals surface area contributed by atoms with Crippen LogP contribution in [-0.2, 0) is 5.41 Å². The number of hydrogen-bond donors (Lipinski definition) is 0. The molecule has 0 amide bonds. The maximum absolute atomic E-state index is 2.46. The zero-order chi connectivity index (χ0) is 39.6. The Morgan fingerprint density at radius 3 is 1.37 bits per heavy atom. The van der Waals surface area contributed by atoms with Crippen molar-refractivity contribution in [1.29, 1.82) is 0 Å². The largest absolute Gasteiger partial charge is 0.0622 e. The van der Waals surface area contributed by atoms with E-state index in [1.54, 1.807) is 0 Å². The fourth-order valence-electron chi connectivity index (χ4n) is 10.8. The Morgan fingerprint density at radius 1 is 0.288 bits per heavy atom. The monoisotopic (exact) mass is 750 g/mol. The van der Waals surface area contributed by atoms with Crippen LogP contribution in [0, 0.1) is 13.8 Å². The molecule has 0 saturated carbocycles. The molecule has 0 unspecified atom stereocenters. The Hall–Kier alpha value is -7.02. The van der Waals surface area contributed by atoms with E-state index >= 15 is 0 Å². The highest BCUT2D eigenvalue weighted by Gasteiger charge is 2.38. The molecule has 0 fully saturated rings. The molecule has 1 aliphatic carbocycles. The Balaban J connectivity index is 1.06. The van der Waals surface area contributed by atoms with Crippen molar-refractivity contribution in [2.75, 3.05) is 0 Å². The maximum atomic E-state index is 2.46. The molecule has 0 N–H and O–H groups in total. The lowest BCUT2D eigenvalue weighted by Gasteiger charge is -2.25. The van der Waals surface area contributed by atoms with Crippen LogP contribution in [0.25, 0.3) is 109 Å². The third-order valence-electron chi connectivity index (χ3n) is 13.4. The van der Waals surface area contributed by atoms with Crippen LogP contribution in [-0.4, -0.2) is 0 Å². The van der Waals surface area contributed by atoms with Gasteiger partial charge < -0.3 is 0 Å². The Kier molecular flexibility index (Phi) is 7.21. The summed E-state index contributed by atoms with van der Waals surface area (Å²) in [5, 5.41) is 13.1. The molecule has 0 heteroatoms. The normalized spacial score (nSPS) is 13.2. The molecule has 12 rings (SSSR count). The van der Waals surface area contributed by atoms with Crippen LogP contribution in [0.15, 0.2) is 182 Å². The molecule has 0 nitrogen and oxygen atoms in total. The first-order valence-corrected chi connectivity index (χ1v) is 20.9. The van der Waals surface area contributed by atoms with Gasteiger partial charge in [0, 0.05) is 5.41 Å². The van der Waals surface area contributed by atoms with Gasteiger partial charge in [0.25, 0.3) is 0 Å². The summed E-state index contributed by atoms with van der Waals surface area (Å²) in [5.41, 5.74) is 18.1. The first kappa shape index (κ1) is 34.1. The third kappa shape index (κ3) is 5.03. The summed E-state index contributed by atoms with van der Waals surface area (Å²) in [7, 11) is 0. The number of rotatable bonds is 4. The van der Waals surface area contributed by atoms with Gasteiger partial charge in [0.2, 0.25) is 0 Å². The lowest BCUT2D eigenvalue weighted by molar-refractivity contribution is 0.672. The van der Waals surface area contributed by atoms with E-state index in [4.69, 9.17) is 0 Å². The molecule has 0 heterocycles. The molecular weight excluding hydrogens is 709 g/mol. The van der Waals surface area contributed by atoms with Gasteiger partial charge in [-0.25, -0.2) is 0 Å². The molecule has 0 aliphatic heterocycles. The topological polar surface area (TPSA) is 0 Å². The summed E-state index contributed by atoms with van der Waals surface area (Å²) >= 11 is 0. The van der Waals surface area contributed by atoms with E-state index < -0.39 is 0 Å². The van der Waals surface area contributed by atoms with Crippen LogP contribution in [0.3, 0.4) is 0 Å². The SMILES string of the molecule is Cc1cccc(-c2ccc3ccc4c(-c5cccc(C)c5)cc(-c5ccc6c7c(ccc6c5)-c5ccc6cc(-c8ccccc8)ccc6c5C7(C)C)c5ccc2c3c45)c1.